The number of carbonyl (C=O) groups excluding carboxylic acids is 2. The molecule has 0 bridgehead atoms. The zero-order valence-corrected chi connectivity index (χ0v) is 23.2. The molecule has 9 heteroatoms. The Balaban J connectivity index is 1.34. The van der Waals surface area contributed by atoms with E-state index in [1.807, 2.05) is 72.8 Å². The van der Waals surface area contributed by atoms with E-state index in [2.05, 4.69) is 15.6 Å². The first kappa shape index (κ1) is 28.4. The number of carboxylic acids is 1. The largest absolute Gasteiger partial charge is 0.477 e. The summed E-state index contributed by atoms with van der Waals surface area (Å²) < 4.78 is 0. The number of rotatable bonds is 10. The lowest BCUT2D eigenvalue weighted by molar-refractivity contribution is -0.117. The van der Waals surface area contributed by atoms with Gasteiger partial charge < -0.3 is 20.7 Å². The lowest BCUT2D eigenvalue weighted by atomic mass is 10.0. The quantitative estimate of drug-likeness (QED) is 0.172. The molecule has 0 aliphatic heterocycles. The minimum Gasteiger partial charge on any atom is -0.477 e. The number of aromatic amines is 1. The van der Waals surface area contributed by atoms with Gasteiger partial charge in [-0.05, 0) is 47.0 Å². The molecule has 42 heavy (non-hydrogen) atoms. The average Bonchev–Trinajstić information content (AvgIpc) is 3.01. The van der Waals surface area contributed by atoms with Crippen LogP contribution in [0.15, 0.2) is 114 Å². The molecular formula is C33H27N3O5S. The lowest BCUT2D eigenvalue weighted by Gasteiger charge is -2.19. The Morgan fingerprint density at radius 3 is 2.19 bits per heavy atom. The van der Waals surface area contributed by atoms with Crippen molar-refractivity contribution in [3.05, 3.63) is 136 Å². The first-order valence-corrected chi connectivity index (χ1v) is 14.3. The minimum atomic E-state index is -1.34. The number of H-pyrrole nitrogens is 1. The van der Waals surface area contributed by atoms with Crippen molar-refractivity contribution in [1.82, 2.24) is 10.3 Å². The number of benzene rings is 4. The molecule has 0 saturated carbocycles. The van der Waals surface area contributed by atoms with E-state index >= 15 is 0 Å². The summed E-state index contributed by atoms with van der Waals surface area (Å²) >= 11 is 1.50. The molecule has 8 nitrogen and oxygen atoms in total. The number of carbonyl (C=O) groups is 3. The van der Waals surface area contributed by atoms with Gasteiger partial charge in [0.1, 0.15) is 11.6 Å². The number of aromatic carboxylic acids is 1. The fraction of sp³-hybridized carbons (Fsp3) is 0.0909. The van der Waals surface area contributed by atoms with E-state index in [0.717, 1.165) is 22.9 Å². The van der Waals surface area contributed by atoms with Crippen molar-refractivity contribution >= 4 is 46.1 Å². The van der Waals surface area contributed by atoms with E-state index in [1.165, 1.54) is 17.8 Å². The second kappa shape index (κ2) is 13.0. The third kappa shape index (κ3) is 6.76. The molecule has 0 aliphatic carbocycles. The van der Waals surface area contributed by atoms with Crippen LogP contribution >= 0.6 is 11.8 Å². The second-order valence-corrected chi connectivity index (χ2v) is 10.6. The highest BCUT2D eigenvalue weighted by Gasteiger charge is 2.22. The third-order valence-electron chi connectivity index (χ3n) is 6.65. The molecule has 210 valence electrons. The Morgan fingerprint density at radius 1 is 0.833 bits per heavy atom. The van der Waals surface area contributed by atoms with Gasteiger partial charge in [0.25, 0.3) is 5.91 Å². The number of carboxylic acid groups (broad SMARTS) is 1. The van der Waals surface area contributed by atoms with Crippen LogP contribution in [0, 0.1) is 0 Å². The van der Waals surface area contributed by atoms with Crippen molar-refractivity contribution in [2.75, 3.05) is 11.1 Å². The summed E-state index contributed by atoms with van der Waals surface area (Å²) in [7, 11) is 0. The van der Waals surface area contributed by atoms with E-state index < -0.39 is 34.8 Å². The Bertz CT molecular complexity index is 1790. The van der Waals surface area contributed by atoms with Crippen LogP contribution in [-0.2, 0) is 10.5 Å². The number of thioether (sulfide) groups is 1. The van der Waals surface area contributed by atoms with E-state index in [9.17, 15) is 24.3 Å². The zero-order chi connectivity index (χ0) is 29.5. The molecule has 0 aliphatic rings. The number of amides is 2. The van der Waals surface area contributed by atoms with Crippen molar-refractivity contribution < 1.29 is 19.5 Å². The summed E-state index contributed by atoms with van der Waals surface area (Å²) in [6, 6.07) is 30.5. The second-order valence-electron chi connectivity index (χ2n) is 9.56. The maximum Gasteiger partial charge on any atom is 0.341 e. The molecule has 5 rings (SSSR count). The van der Waals surface area contributed by atoms with Crippen LogP contribution in [0.3, 0.4) is 0 Å². The van der Waals surface area contributed by atoms with Crippen molar-refractivity contribution in [1.29, 1.82) is 0 Å². The fourth-order valence-electron chi connectivity index (χ4n) is 4.42. The lowest BCUT2D eigenvalue weighted by Crippen LogP contribution is -2.45. The SMILES string of the molecule is O=C(N[C@@H](CSCc1ccccc1)C(=O)Nc1ccc2[nH]cc(C(=O)O)c(=O)c2c1)c1ccc(-c2ccccc2)cc1. The molecule has 4 N–H and O–H groups in total. The van der Waals surface area contributed by atoms with Gasteiger partial charge in [-0.1, -0.05) is 72.8 Å². The first-order chi connectivity index (χ1) is 20.4. The van der Waals surface area contributed by atoms with Crippen LogP contribution < -0.4 is 16.1 Å². The number of fused-ring (bicyclic) bond motifs is 1. The molecule has 0 unspecified atom stereocenters. The molecule has 0 fully saturated rings. The molecule has 1 aromatic heterocycles. The van der Waals surface area contributed by atoms with Crippen LogP contribution in [0.25, 0.3) is 22.0 Å². The van der Waals surface area contributed by atoms with E-state index in [0.29, 0.717) is 28.3 Å². The summed E-state index contributed by atoms with van der Waals surface area (Å²) in [6.07, 6.45) is 1.15. The number of aromatic nitrogens is 1. The highest BCUT2D eigenvalue weighted by atomic mass is 32.2. The van der Waals surface area contributed by atoms with Gasteiger partial charge >= 0.3 is 5.97 Å². The smallest absolute Gasteiger partial charge is 0.341 e. The number of pyridine rings is 1. The Hall–Kier alpha value is -5.15. The van der Waals surface area contributed by atoms with Gasteiger partial charge in [0.2, 0.25) is 11.3 Å². The number of hydrogen-bond acceptors (Lipinski definition) is 5. The van der Waals surface area contributed by atoms with Gasteiger partial charge in [-0.15, -0.1) is 0 Å². The number of nitrogens with one attached hydrogen (secondary N) is 3. The predicted molar refractivity (Wildman–Crippen MR) is 166 cm³/mol. The maximum absolute atomic E-state index is 13.4. The van der Waals surface area contributed by atoms with Gasteiger partial charge in [-0.2, -0.15) is 11.8 Å². The third-order valence-corrected chi connectivity index (χ3v) is 7.76. The Labute approximate surface area is 245 Å². The summed E-state index contributed by atoms with van der Waals surface area (Å²) in [6.45, 7) is 0. The predicted octanol–water partition coefficient (Wildman–Crippen LogP) is 5.56. The molecule has 0 spiro atoms. The molecule has 0 saturated heterocycles. The molecule has 2 amide bonds. The summed E-state index contributed by atoms with van der Waals surface area (Å²) in [5.74, 6) is -1.25. The summed E-state index contributed by atoms with van der Waals surface area (Å²) in [5, 5.41) is 15.1. The van der Waals surface area contributed by atoms with Crippen molar-refractivity contribution in [3.63, 3.8) is 0 Å². The Morgan fingerprint density at radius 2 is 1.50 bits per heavy atom. The van der Waals surface area contributed by atoms with Gasteiger partial charge in [-0.25, -0.2) is 4.79 Å². The fourth-order valence-corrected chi connectivity index (χ4v) is 5.44. The Kier molecular flexibility index (Phi) is 8.79. The average molecular weight is 578 g/mol. The number of hydrogen-bond donors (Lipinski definition) is 4. The standard InChI is InChI=1S/C33H27N3O5S/c37-30-26-17-25(15-16-28(26)34-18-27(30)33(40)41)35-32(39)29(20-42-19-21-7-3-1-4-8-21)36-31(38)24-13-11-23(12-14-24)22-9-5-2-6-10-22/h1-18,29H,19-20H2,(H,34,37)(H,35,39)(H,36,38)(H,40,41)/t29-/m0/s1. The van der Waals surface area contributed by atoms with Gasteiger partial charge in [-0.3, -0.25) is 14.4 Å². The summed E-state index contributed by atoms with van der Waals surface area (Å²) in [5.41, 5.74) is 3.19. The van der Waals surface area contributed by atoms with Crippen LogP contribution in [0.2, 0.25) is 0 Å². The molecule has 4 aromatic carbocycles. The van der Waals surface area contributed by atoms with Gasteiger partial charge in [0, 0.05) is 39.9 Å². The first-order valence-electron chi connectivity index (χ1n) is 13.2. The van der Waals surface area contributed by atoms with E-state index in [1.54, 1.807) is 24.3 Å². The molecule has 1 atom stereocenters. The zero-order valence-electron chi connectivity index (χ0n) is 22.4. The van der Waals surface area contributed by atoms with Crippen molar-refractivity contribution in [2.45, 2.75) is 11.8 Å². The highest BCUT2D eigenvalue weighted by molar-refractivity contribution is 7.98. The van der Waals surface area contributed by atoms with E-state index in [-0.39, 0.29) is 5.39 Å². The van der Waals surface area contributed by atoms with E-state index in [4.69, 9.17) is 0 Å². The van der Waals surface area contributed by atoms with Crippen LogP contribution in [-0.4, -0.2) is 39.7 Å². The van der Waals surface area contributed by atoms with Crippen LogP contribution in [0.1, 0.15) is 26.3 Å². The minimum absolute atomic E-state index is 0.130. The molecule has 5 aromatic rings. The van der Waals surface area contributed by atoms with Crippen LogP contribution in [0.5, 0.6) is 0 Å². The number of anilines is 1. The maximum atomic E-state index is 13.4. The normalized spacial score (nSPS) is 11.5. The van der Waals surface area contributed by atoms with Crippen molar-refractivity contribution in [2.24, 2.45) is 0 Å². The highest BCUT2D eigenvalue weighted by Crippen LogP contribution is 2.20. The van der Waals surface area contributed by atoms with Gasteiger partial charge in [0.05, 0.1) is 0 Å². The molecular weight excluding hydrogens is 550 g/mol. The molecule has 1 heterocycles. The summed E-state index contributed by atoms with van der Waals surface area (Å²) in [4.78, 5) is 53.5. The molecule has 0 radical (unpaired) electrons. The van der Waals surface area contributed by atoms with Crippen molar-refractivity contribution in [3.8, 4) is 11.1 Å². The van der Waals surface area contributed by atoms with Gasteiger partial charge in [0.15, 0.2) is 0 Å². The van der Waals surface area contributed by atoms with Crippen LogP contribution in [0.4, 0.5) is 5.69 Å². The monoisotopic (exact) mass is 577 g/mol. The topological polar surface area (TPSA) is 128 Å².